The van der Waals surface area contributed by atoms with Crippen molar-refractivity contribution >= 4 is 29.1 Å². The van der Waals surface area contributed by atoms with Crippen molar-refractivity contribution in [3.8, 4) is 23.6 Å². The maximum atomic E-state index is 13.6. The molecule has 1 fully saturated rings. The summed E-state index contributed by atoms with van der Waals surface area (Å²) in [5.41, 5.74) is -1.52. The quantitative estimate of drug-likeness (QED) is 0.297. The Labute approximate surface area is 257 Å². The summed E-state index contributed by atoms with van der Waals surface area (Å²) in [5.74, 6) is -0.453. The van der Waals surface area contributed by atoms with E-state index < -0.39 is 29.3 Å². The van der Waals surface area contributed by atoms with E-state index in [1.165, 1.54) is 29.8 Å². The van der Waals surface area contributed by atoms with E-state index in [1.807, 2.05) is 20.8 Å². The zero-order valence-electron chi connectivity index (χ0n) is 24.9. The van der Waals surface area contributed by atoms with E-state index in [0.717, 1.165) is 17.1 Å². The number of carbonyl (C=O) groups excluding carboxylic acids is 2. The van der Waals surface area contributed by atoms with Gasteiger partial charge in [-0.2, -0.15) is 18.3 Å². The first-order valence-electron chi connectivity index (χ1n) is 13.6. The fourth-order valence-corrected chi connectivity index (χ4v) is 5.22. The van der Waals surface area contributed by atoms with Gasteiger partial charge in [0.25, 0.3) is 11.8 Å². The van der Waals surface area contributed by atoms with Gasteiger partial charge in [-0.1, -0.05) is 17.5 Å². The fourth-order valence-electron chi connectivity index (χ4n) is 4.96. The largest absolute Gasteiger partial charge is 0.435 e. The Hall–Kier alpha value is -3.90. The smallest absolute Gasteiger partial charge is 0.353 e. The maximum absolute atomic E-state index is 13.6. The van der Waals surface area contributed by atoms with E-state index >= 15 is 0 Å². The van der Waals surface area contributed by atoms with E-state index in [0.29, 0.717) is 26.2 Å². The average molecular weight is 636 g/mol. The lowest BCUT2D eigenvalue weighted by Gasteiger charge is -2.44. The SMILES string of the molecule is C#CCn1cc(-c2cnc(C(=O)Nc3ccc(C(=O)N4CCN(C(C)(O)OC(C)(C)C)CC4)c(Cl)c3)n2C)c(C(F)(F)F)n1. The number of terminal acetylenes is 1. The van der Waals surface area contributed by atoms with Crippen LogP contribution in [0.15, 0.2) is 30.6 Å². The molecule has 1 aliphatic heterocycles. The molecule has 1 saturated heterocycles. The van der Waals surface area contributed by atoms with Crippen LogP contribution in [0.4, 0.5) is 18.9 Å². The molecule has 236 valence electrons. The van der Waals surface area contributed by atoms with Gasteiger partial charge in [-0.15, -0.1) is 6.42 Å². The molecule has 1 unspecified atom stereocenters. The normalized spacial score (nSPS) is 16.0. The Balaban J connectivity index is 1.45. The highest BCUT2D eigenvalue weighted by atomic mass is 35.5. The van der Waals surface area contributed by atoms with Crippen molar-refractivity contribution in [1.29, 1.82) is 0 Å². The van der Waals surface area contributed by atoms with Crippen molar-refractivity contribution in [1.82, 2.24) is 29.1 Å². The molecular weight excluding hydrogens is 603 g/mol. The second-order valence-electron chi connectivity index (χ2n) is 11.4. The molecule has 3 aromatic rings. The standard InChI is InChI=1S/C29H33ClF3N7O4/c1-7-10-40-17-20(23(36-40)29(31,32)33)22-16-34-24(37(22)6)25(41)35-18-8-9-19(21(30)15-18)26(42)38-11-13-39(14-12-38)28(5,43)44-27(2,3)4/h1,8-9,15-17,43H,10-14H2,2-6H3,(H,35,41). The van der Waals surface area contributed by atoms with Crippen LogP contribution in [0.2, 0.25) is 5.02 Å². The summed E-state index contributed by atoms with van der Waals surface area (Å²) in [6.45, 7) is 8.34. The molecule has 4 rings (SSSR count). The predicted molar refractivity (Wildman–Crippen MR) is 157 cm³/mol. The van der Waals surface area contributed by atoms with Gasteiger partial charge >= 0.3 is 6.18 Å². The summed E-state index contributed by atoms with van der Waals surface area (Å²) in [4.78, 5) is 33.6. The zero-order chi connectivity index (χ0) is 32.6. The van der Waals surface area contributed by atoms with Crippen molar-refractivity contribution in [2.24, 2.45) is 7.05 Å². The molecule has 2 amide bonds. The molecule has 11 nitrogen and oxygen atoms in total. The Morgan fingerprint density at radius 1 is 1.16 bits per heavy atom. The van der Waals surface area contributed by atoms with Crippen LogP contribution >= 0.6 is 11.6 Å². The number of amides is 2. The summed E-state index contributed by atoms with van der Waals surface area (Å²) in [7, 11) is 1.40. The Kier molecular flexibility index (Phi) is 9.18. The molecule has 3 heterocycles. The molecular formula is C29H33ClF3N7O4. The highest BCUT2D eigenvalue weighted by molar-refractivity contribution is 6.34. The minimum Gasteiger partial charge on any atom is -0.353 e. The number of alkyl halides is 3. The minimum atomic E-state index is -4.76. The third kappa shape index (κ3) is 7.24. The number of anilines is 1. The van der Waals surface area contributed by atoms with Gasteiger partial charge in [0, 0.05) is 52.0 Å². The molecule has 2 N–H and O–H groups in total. The number of halogens is 4. The zero-order valence-corrected chi connectivity index (χ0v) is 25.6. The third-order valence-electron chi connectivity index (χ3n) is 6.86. The molecule has 1 aliphatic rings. The van der Waals surface area contributed by atoms with E-state index in [2.05, 4.69) is 21.3 Å². The number of aliphatic hydroxyl groups is 1. The van der Waals surface area contributed by atoms with Gasteiger partial charge < -0.3 is 24.6 Å². The maximum Gasteiger partial charge on any atom is 0.435 e. The summed E-state index contributed by atoms with van der Waals surface area (Å²) < 4.78 is 48.9. The van der Waals surface area contributed by atoms with Gasteiger partial charge in [-0.3, -0.25) is 14.3 Å². The number of ether oxygens (including phenoxy) is 1. The minimum absolute atomic E-state index is 0.0105. The first kappa shape index (κ1) is 33.0. The van der Waals surface area contributed by atoms with Crippen LogP contribution < -0.4 is 5.32 Å². The lowest BCUT2D eigenvalue weighted by Crippen LogP contribution is -2.59. The number of benzene rings is 1. The molecule has 44 heavy (non-hydrogen) atoms. The average Bonchev–Trinajstić information content (AvgIpc) is 3.51. The summed E-state index contributed by atoms with van der Waals surface area (Å²) >= 11 is 6.43. The van der Waals surface area contributed by atoms with Crippen molar-refractivity contribution in [2.75, 3.05) is 31.5 Å². The van der Waals surface area contributed by atoms with Crippen LogP contribution in [-0.2, 0) is 24.5 Å². The number of carbonyl (C=O) groups is 2. The highest BCUT2D eigenvalue weighted by Crippen LogP contribution is 2.36. The van der Waals surface area contributed by atoms with Crippen LogP contribution in [0.1, 0.15) is 54.4 Å². The Morgan fingerprint density at radius 3 is 2.39 bits per heavy atom. The number of nitrogens with zero attached hydrogens (tertiary/aromatic N) is 6. The van der Waals surface area contributed by atoms with Crippen LogP contribution in [-0.4, -0.2) is 83.7 Å². The molecule has 2 aromatic heterocycles. The Bertz CT molecular complexity index is 1590. The number of piperazine rings is 1. The molecule has 0 aliphatic carbocycles. The topological polar surface area (TPSA) is 118 Å². The summed E-state index contributed by atoms with van der Waals surface area (Å²) in [5, 5.41) is 17.0. The number of nitrogens with one attached hydrogen (secondary N) is 1. The number of hydrogen-bond acceptors (Lipinski definition) is 7. The van der Waals surface area contributed by atoms with E-state index in [9.17, 15) is 27.9 Å². The molecule has 0 spiro atoms. The molecule has 1 atom stereocenters. The molecule has 15 heteroatoms. The van der Waals surface area contributed by atoms with Gasteiger partial charge in [0.05, 0.1) is 33.6 Å². The first-order chi connectivity index (χ1) is 20.4. The first-order valence-corrected chi connectivity index (χ1v) is 14.0. The fraction of sp³-hybridized carbons (Fsp3) is 0.448. The predicted octanol–water partition coefficient (Wildman–Crippen LogP) is 4.08. The lowest BCUT2D eigenvalue weighted by molar-refractivity contribution is -0.320. The van der Waals surface area contributed by atoms with Gasteiger partial charge in [-0.05, 0) is 39.0 Å². The second-order valence-corrected chi connectivity index (χ2v) is 11.8. The Morgan fingerprint density at radius 2 is 1.82 bits per heavy atom. The van der Waals surface area contributed by atoms with Gasteiger partial charge in [0.15, 0.2) is 11.5 Å². The van der Waals surface area contributed by atoms with Gasteiger partial charge in [0.1, 0.15) is 6.54 Å². The number of aromatic nitrogens is 4. The van der Waals surface area contributed by atoms with E-state index in [4.69, 9.17) is 22.8 Å². The summed E-state index contributed by atoms with van der Waals surface area (Å²) in [6.07, 6.45) is 2.75. The van der Waals surface area contributed by atoms with Gasteiger partial charge in [-0.25, -0.2) is 9.88 Å². The second kappa shape index (κ2) is 12.2. The van der Waals surface area contributed by atoms with Crippen molar-refractivity contribution < 1.29 is 32.6 Å². The van der Waals surface area contributed by atoms with Crippen molar-refractivity contribution in [2.45, 2.75) is 51.9 Å². The van der Waals surface area contributed by atoms with Crippen LogP contribution in [0, 0.1) is 12.3 Å². The molecule has 1 aromatic carbocycles. The van der Waals surface area contributed by atoms with Crippen molar-refractivity contribution in [3.05, 3.63) is 52.7 Å². The van der Waals surface area contributed by atoms with Crippen molar-refractivity contribution in [3.63, 3.8) is 0 Å². The lowest BCUT2D eigenvalue weighted by atomic mass is 10.1. The number of hydrogen-bond donors (Lipinski definition) is 2. The van der Waals surface area contributed by atoms with E-state index in [1.54, 1.807) is 16.7 Å². The van der Waals surface area contributed by atoms with Crippen LogP contribution in [0.25, 0.3) is 11.3 Å². The molecule has 0 radical (unpaired) electrons. The van der Waals surface area contributed by atoms with Crippen LogP contribution in [0.5, 0.6) is 0 Å². The monoisotopic (exact) mass is 635 g/mol. The number of rotatable bonds is 7. The molecule has 0 saturated carbocycles. The third-order valence-corrected chi connectivity index (χ3v) is 7.17. The number of imidazole rings is 1. The highest BCUT2D eigenvalue weighted by Gasteiger charge is 2.39. The summed E-state index contributed by atoms with van der Waals surface area (Å²) in [6, 6.07) is 4.37. The van der Waals surface area contributed by atoms with Gasteiger partial charge in [0.2, 0.25) is 5.91 Å². The molecule has 0 bridgehead atoms. The van der Waals surface area contributed by atoms with E-state index in [-0.39, 0.29) is 45.8 Å². The van der Waals surface area contributed by atoms with Crippen LogP contribution in [0.3, 0.4) is 0 Å².